The van der Waals surface area contributed by atoms with E-state index in [4.69, 9.17) is 16.9 Å². The normalized spacial score (nSPS) is 12.1. The predicted octanol–water partition coefficient (Wildman–Crippen LogP) is 3.20. The van der Waals surface area contributed by atoms with Gasteiger partial charge in [0.25, 0.3) is 0 Å². The average Bonchev–Trinajstić information content (AvgIpc) is 2.54. The zero-order valence-corrected chi connectivity index (χ0v) is 16.4. The molecule has 7 heteroatoms. The zero-order valence-electron chi connectivity index (χ0n) is 14.8. The molecule has 0 spiro atoms. The van der Waals surface area contributed by atoms with Crippen molar-refractivity contribution in [3.63, 3.8) is 0 Å². The highest BCUT2D eigenvalue weighted by Gasteiger charge is 2.26. The highest BCUT2D eigenvalue weighted by molar-refractivity contribution is 7.89. The molecule has 0 amide bonds. The first kappa shape index (κ1) is 20.9. The minimum absolute atomic E-state index is 0.131. The van der Waals surface area contributed by atoms with Crippen LogP contribution in [0.1, 0.15) is 33.3 Å². The lowest BCUT2D eigenvalue weighted by Crippen LogP contribution is -2.40. The molecule has 24 heavy (non-hydrogen) atoms. The Balaban J connectivity index is 3.10. The SMILES string of the molecule is CCN(CC)CCN(CC(C)C)S(=O)(=O)c1ccc(C#N)c(Cl)c1. The number of likely N-dealkylation sites (N-methyl/N-ethyl adjacent to an activating group) is 1. The Morgan fingerprint density at radius 2 is 1.83 bits per heavy atom. The molecule has 0 aliphatic heterocycles. The molecule has 0 unspecified atom stereocenters. The van der Waals surface area contributed by atoms with Crippen LogP contribution in [0.5, 0.6) is 0 Å². The van der Waals surface area contributed by atoms with E-state index >= 15 is 0 Å². The first-order valence-corrected chi connectivity index (χ1v) is 10.00. The summed E-state index contributed by atoms with van der Waals surface area (Å²) < 4.78 is 27.5. The van der Waals surface area contributed by atoms with Crippen LogP contribution in [-0.4, -0.2) is 50.3 Å². The van der Waals surface area contributed by atoms with Crippen molar-refractivity contribution in [2.24, 2.45) is 5.92 Å². The van der Waals surface area contributed by atoms with Gasteiger partial charge in [-0.05, 0) is 37.2 Å². The van der Waals surface area contributed by atoms with Crippen LogP contribution in [0.25, 0.3) is 0 Å². The van der Waals surface area contributed by atoms with E-state index in [-0.39, 0.29) is 21.4 Å². The summed E-state index contributed by atoms with van der Waals surface area (Å²) >= 11 is 6.00. The Hall–Kier alpha value is -1.13. The van der Waals surface area contributed by atoms with Gasteiger partial charge in [-0.25, -0.2) is 8.42 Å². The molecule has 0 saturated heterocycles. The highest BCUT2D eigenvalue weighted by Crippen LogP contribution is 2.23. The van der Waals surface area contributed by atoms with Gasteiger partial charge >= 0.3 is 0 Å². The van der Waals surface area contributed by atoms with Gasteiger partial charge < -0.3 is 4.90 Å². The van der Waals surface area contributed by atoms with E-state index in [2.05, 4.69) is 18.7 Å². The molecule has 0 N–H and O–H groups in total. The van der Waals surface area contributed by atoms with E-state index in [9.17, 15) is 8.42 Å². The molecule has 0 heterocycles. The lowest BCUT2D eigenvalue weighted by atomic mass is 10.2. The highest BCUT2D eigenvalue weighted by atomic mass is 35.5. The minimum atomic E-state index is -3.64. The van der Waals surface area contributed by atoms with E-state index in [1.807, 2.05) is 19.9 Å². The molecule has 1 aromatic rings. The van der Waals surface area contributed by atoms with Crippen molar-refractivity contribution < 1.29 is 8.42 Å². The van der Waals surface area contributed by atoms with Crippen LogP contribution < -0.4 is 0 Å². The lowest BCUT2D eigenvalue weighted by Gasteiger charge is -2.27. The topological polar surface area (TPSA) is 64.4 Å². The summed E-state index contributed by atoms with van der Waals surface area (Å²) in [6.07, 6.45) is 0. The van der Waals surface area contributed by atoms with Crippen molar-refractivity contribution in [3.05, 3.63) is 28.8 Å². The van der Waals surface area contributed by atoms with Gasteiger partial charge in [-0.2, -0.15) is 9.57 Å². The number of hydrogen-bond donors (Lipinski definition) is 0. The van der Waals surface area contributed by atoms with Gasteiger partial charge in [0, 0.05) is 19.6 Å². The van der Waals surface area contributed by atoms with Gasteiger partial charge in [-0.1, -0.05) is 39.3 Å². The Morgan fingerprint density at radius 1 is 1.21 bits per heavy atom. The summed E-state index contributed by atoms with van der Waals surface area (Å²) in [6, 6.07) is 6.21. The number of nitriles is 1. The third kappa shape index (κ3) is 5.45. The van der Waals surface area contributed by atoms with Crippen molar-refractivity contribution in [1.29, 1.82) is 5.26 Å². The number of sulfonamides is 1. The summed E-state index contributed by atoms with van der Waals surface area (Å²) in [7, 11) is -3.64. The fraction of sp³-hybridized carbons (Fsp3) is 0.588. The zero-order chi connectivity index (χ0) is 18.3. The number of nitrogens with zero attached hydrogens (tertiary/aromatic N) is 3. The second-order valence-corrected chi connectivity index (χ2v) is 8.38. The molecule has 134 valence electrons. The van der Waals surface area contributed by atoms with Crippen LogP contribution in [0.4, 0.5) is 0 Å². The molecule has 0 fully saturated rings. The summed E-state index contributed by atoms with van der Waals surface area (Å²) in [6.45, 7) is 11.4. The van der Waals surface area contributed by atoms with Gasteiger partial charge in [0.2, 0.25) is 10.0 Å². The van der Waals surface area contributed by atoms with Gasteiger partial charge in [-0.15, -0.1) is 0 Å². The van der Waals surface area contributed by atoms with Crippen molar-refractivity contribution >= 4 is 21.6 Å². The van der Waals surface area contributed by atoms with E-state index in [1.165, 1.54) is 22.5 Å². The number of hydrogen-bond acceptors (Lipinski definition) is 4. The van der Waals surface area contributed by atoms with Crippen molar-refractivity contribution in [3.8, 4) is 6.07 Å². The van der Waals surface area contributed by atoms with Crippen LogP contribution in [-0.2, 0) is 10.0 Å². The van der Waals surface area contributed by atoms with Crippen LogP contribution in [0.2, 0.25) is 5.02 Å². The molecule has 0 aliphatic rings. The Morgan fingerprint density at radius 3 is 2.29 bits per heavy atom. The quantitative estimate of drug-likeness (QED) is 0.668. The number of halogens is 1. The molecule has 0 aromatic heterocycles. The largest absolute Gasteiger partial charge is 0.303 e. The first-order chi connectivity index (χ1) is 11.3. The van der Waals surface area contributed by atoms with Crippen molar-refractivity contribution in [2.45, 2.75) is 32.6 Å². The first-order valence-electron chi connectivity index (χ1n) is 8.18. The molecular weight excluding hydrogens is 346 g/mol. The molecule has 0 atom stereocenters. The third-order valence-electron chi connectivity index (χ3n) is 3.83. The summed E-state index contributed by atoms with van der Waals surface area (Å²) in [5, 5.41) is 9.10. The minimum Gasteiger partial charge on any atom is -0.303 e. The van der Waals surface area contributed by atoms with Crippen molar-refractivity contribution in [1.82, 2.24) is 9.21 Å². The second kappa shape index (κ2) is 9.38. The number of benzene rings is 1. The molecule has 1 aromatic carbocycles. The van der Waals surface area contributed by atoms with Crippen LogP contribution in [0.15, 0.2) is 23.1 Å². The van der Waals surface area contributed by atoms with E-state index in [0.29, 0.717) is 19.6 Å². The Labute approximate surface area is 150 Å². The van der Waals surface area contributed by atoms with Gasteiger partial charge in [0.05, 0.1) is 15.5 Å². The molecule has 0 bridgehead atoms. The standard InChI is InChI=1S/C17H26ClN3O2S/c1-5-20(6-2)9-10-21(13-14(3)4)24(22,23)16-8-7-15(12-19)17(18)11-16/h7-8,11,14H,5-6,9-10,13H2,1-4H3. The monoisotopic (exact) mass is 371 g/mol. The maximum absolute atomic E-state index is 13.0. The lowest BCUT2D eigenvalue weighted by molar-refractivity contribution is 0.262. The van der Waals surface area contributed by atoms with E-state index in [1.54, 1.807) is 0 Å². The smallest absolute Gasteiger partial charge is 0.243 e. The van der Waals surface area contributed by atoms with Gasteiger partial charge in [0.15, 0.2) is 0 Å². The van der Waals surface area contributed by atoms with Crippen LogP contribution in [0.3, 0.4) is 0 Å². The van der Waals surface area contributed by atoms with Gasteiger partial charge in [0.1, 0.15) is 6.07 Å². The molecule has 5 nitrogen and oxygen atoms in total. The maximum atomic E-state index is 13.0. The molecular formula is C17H26ClN3O2S. The van der Waals surface area contributed by atoms with Crippen LogP contribution in [0, 0.1) is 17.2 Å². The third-order valence-corrected chi connectivity index (χ3v) is 6.00. The van der Waals surface area contributed by atoms with Gasteiger partial charge in [-0.3, -0.25) is 0 Å². The Kier molecular flexibility index (Phi) is 8.17. The van der Waals surface area contributed by atoms with E-state index in [0.717, 1.165) is 13.1 Å². The van der Waals surface area contributed by atoms with Crippen molar-refractivity contribution in [2.75, 3.05) is 32.7 Å². The summed E-state index contributed by atoms with van der Waals surface area (Å²) in [5.74, 6) is 0.213. The van der Waals surface area contributed by atoms with Crippen LogP contribution >= 0.6 is 11.6 Å². The van der Waals surface area contributed by atoms with E-state index < -0.39 is 10.0 Å². The summed E-state index contributed by atoms with van der Waals surface area (Å²) in [5.41, 5.74) is 0.272. The Bertz CT molecular complexity index is 680. The fourth-order valence-corrected chi connectivity index (χ4v) is 4.31. The molecule has 1 rings (SSSR count). The predicted molar refractivity (Wildman–Crippen MR) is 97.6 cm³/mol. The molecule has 0 aliphatic carbocycles. The fourth-order valence-electron chi connectivity index (χ4n) is 2.41. The summed E-state index contributed by atoms with van der Waals surface area (Å²) in [4.78, 5) is 2.32. The average molecular weight is 372 g/mol. The maximum Gasteiger partial charge on any atom is 0.243 e. The second-order valence-electron chi connectivity index (χ2n) is 6.04. The molecule has 0 saturated carbocycles. The number of rotatable bonds is 9. The molecule has 0 radical (unpaired) electrons.